The second-order valence-electron chi connectivity index (χ2n) is 6.67. The summed E-state index contributed by atoms with van der Waals surface area (Å²) in [5.41, 5.74) is 9.20. The van der Waals surface area contributed by atoms with E-state index in [1.54, 1.807) is 30.6 Å². The molecule has 0 aliphatic rings. The van der Waals surface area contributed by atoms with E-state index in [0.29, 0.717) is 17.8 Å². The molecule has 144 valence electrons. The Balaban J connectivity index is 1.55. The molecule has 0 radical (unpaired) electrons. The molecule has 2 aromatic carbocycles. The Kier molecular flexibility index (Phi) is 5.03. The molecule has 7 heteroatoms. The molecule has 29 heavy (non-hydrogen) atoms. The first-order valence-corrected chi connectivity index (χ1v) is 9.14. The van der Waals surface area contributed by atoms with Crippen molar-refractivity contribution in [2.24, 2.45) is 5.73 Å². The normalized spacial score (nSPS) is 11.9. The molecule has 0 aliphatic carbocycles. The largest absolute Gasteiger partial charge is 0.368 e. The quantitative estimate of drug-likeness (QED) is 0.473. The van der Waals surface area contributed by atoms with Gasteiger partial charge >= 0.3 is 0 Å². The fourth-order valence-corrected chi connectivity index (χ4v) is 3.11. The van der Waals surface area contributed by atoms with E-state index in [1.165, 1.54) is 0 Å². The van der Waals surface area contributed by atoms with E-state index < -0.39 is 11.9 Å². The van der Waals surface area contributed by atoms with Gasteiger partial charge in [0.15, 0.2) is 0 Å². The van der Waals surface area contributed by atoms with Gasteiger partial charge in [0.1, 0.15) is 11.9 Å². The maximum atomic E-state index is 12.7. The predicted molar refractivity (Wildman–Crippen MR) is 110 cm³/mol. The molecule has 0 saturated carbocycles. The van der Waals surface area contributed by atoms with Crippen molar-refractivity contribution in [1.82, 2.24) is 20.3 Å². The maximum absolute atomic E-state index is 12.7. The van der Waals surface area contributed by atoms with Crippen LogP contribution in [0.1, 0.15) is 15.9 Å². The SMILES string of the molecule is NC(=O)[C@@H](Cc1ccccc1)NC(=O)c1ccc2nc(-c3ccncc3)[nH]c2c1. The molecule has 0 unspecified atom stereocenters. The van der Waals surface area contributed by atoms with E-state index in [9.17, 15) is 9.59 Å². The number of rotatable bonds is 6. The number of aromatic nitrogens is 3. The van der Waals surface area contributed by atoms with Crippen LogP contribution in [0.25, 0.3) is 22.4 Å². The molecule has 0 aliphatic heterocycles. The topological polar surface area (TPSA) is 114 Å². The Bertz CT molecular complexity index is 1160. The van der Waals surface area contributed by atoms with Gasteiger partial charge in [-0.05, 0) is 35.9 Å². The Morgan fingerprint density at radius 2 is 1.79 bits per heavy atom. The number of nitrogens with one attached hydrogen (secondary N) is 2. The summed E-state index contributed by atoms with van der Waals surface area (Å²) in [6.07, 6.45) is 3.72. The lowest BCUT2D eigenvalue weighted by molar-refractivity contribution is -0.119. The van der Waals surface area contributed by atoms with Crippen molar-refractivity contribution < 1.29 is 9.59 Å². The van der Waals surface area contributed by atoms with Crippen molar-refractivity contribution in [2.75, 3.05) is 0 Å². The van der Waals surface area contributed by atoms with Crippen molar-refractivity contribution >= 4 is 22.8 Å². The van der Waals surface area contributed by atoms with Gasteiger partial charge in [0, 0.05) is 29.9 Å². The number of carbonyl (C=O) groups excluding carboxylic acids is 2. The third kappa shape index (κ3) is 4.14. The molecule has 0 bridgehead atoms. The van der Waals surface area contributed by atoms with Crippen LogP contribution in [0.4, 0.5) is 0 Å². The number of hydrogen-bond acceptors (Lipinski definition) is 4. The van der Waals surface area contributed by atoms with E-state index in [0.717, 1.165) is 22.2 Å². The first-order valence-electron chi connectivity index (χ1n) is 9.14. The van der Waals surface area contributed by atoms with E-state index in [4.69, 9.17) is 5.73 Å². The monoisotopic (exact) mass is 385 g/mol. The number of aromatic amines is 1. The van der Waals surface area contributed by atoms with Gasteiger partial charge in [-0.2, -0.15) is 0 Å². The van der Waals surface area contributed by atoms with Crippen LogP contribution in [0.2, 0.25) is 0 Å². The highest BCUT2D eigenvalue weighted by Crippen LogP contribution is 2.21. The van der Waals surface area contributed by atoms with Gasteiger partial charge in [-0.15, -0.1) is 0 Å². The molecule has 2 aromatic heterocycles. The van der Waals surface area contributed by atoms with Crippen LogP contribution in [0.3, 0.4) is 0 Å². The average molecular weight is 385 g/mol. The smallest absolute Gasteiger partial charge is 0.252 e. The van der Waals surface area contributed by atoms with Crippen LogP contribution in [0.15, 0.2) is 73.1 Å². The summed E-state index contributed by atoms with van der Waals surface area (Å²) in [4.78, 5) is 36.3. The Hall–Kier alpha value is -4.00. The molecule has 0 saturated heterocycles. The van der Waals surface area contributed by atoms with E-state index >= 15 is 0 Å². The van der Waals surface area contributed by atoms with Gasteiger partial charge in [0.2, 0.25) is 5.91 Å². The second-order valence-corrected chi connectivity index (χ2v) is 6.67. The Morgan fingerprint density at radius 1 is 1.03 bits per heavy atom. The summed E-state index contributed by atoms with van der Waals surface area (Å²) in [6.45, 7) is 0. The van der Waals surface area contributed by atoms with Crippen LogP contribution in [0, 0.1) is 0 Å². The predicted octanol–water partition coefficient (Wildman–Crippen LogP) is 2.45. The van der Waals surface area contributed by atoms with Gasteiger partial charge in [-0.3, -0.25) is 14.6 Å². The summed E-state index contributed by atoms with van der Waals surface area (Å²) in [7, 11) is 0. The summed E-state index contributed by atoms with van der Waals surface area (Å²) in [6, 6.07) is 17.5. The number of hydrogen-bond donors (Lipinski definition) is 3. The third-order valence-corrected chi connectivity index (χ3v) is 4.63. The summed E-state index contributed by atoms with van der Waals surface area (Å²) in [5, 5.41) is 2.73. The average Bonchev–Trinajstić information content (AvgIpc) is 3.18. The summed E-state index contributed by atoms with van der Waals surface area (Å²) in [5.74, 6) is -0.254. The number of H-pyrrole nitrogens is 1. The molecule has 4 N–H and O–H groups in total. The fourth-order valence-electron chi connectivity index (χ4n) is 3.11. The molecular formula is C22H19N5O2. The zero-order valence-corrected chi connectivity index (χ0v) is 15.5. The highest BCUT2D eigenvalue weighted by Gasteiger charge is 2.20. The highest BCUT2D eigenvalue weighted by molar-refractivity contribution is 6.00. The minimum absolute atomic E-state index is 0.334. The van der Waals surface area contributed by atoms with Crippen LogP contribution in [-0.2, 0) is 11.2 Å². The number of pyridine rings is 1. The van der Waals surface area contributed by atoms with E-state index in [-0.39, 0.29) is 5.91 Å². The molecule has 4 rings (SSSR count). The Morgan fingerprint density at radius 3 is 2.52 bits per heavy atom. The zero-order chi connectivity index (χ0) is 20.2. The Labute approximate surface area is 167 Å². The molecule has 2 amide bonds. The number of nitrogens with two attached hydrogens (primary N) is 1. The number of amides is 2. The number of carbonyl (C=O) groups is 2. The summed E-state index contributed by atoms with van der Waals surface area (Å²) >= 11 is 0. The number of primary amides is 1. The number of nitrogens with zero attached hydrogens (tertiary/aromatic N) is 2. The van der Waals surface area contributed by atoms with Gasteiger partial charge in [-0.1, -0.05) is 30.3 Å². The van der Waals surface area contributed by atoms with Crippen LogP contribution >= 0.6 is 0 Å². The second kappa shape index (κ2) is 7.93. The maximum Gasteiger partial charge on any atom is 0.252 e. The molecule has 0 fully saturated rings. The summed E-state index contributed by atoms with van der Waals surface area (Å²) < 4.78 is 0. The van der Waals surface area contributed by atoms with Crippen molar-refractivity contribution in [1.29, 1.82) is 0 Å². The van der Waals surface area contributed by atoms with E-state index in [2.05, 4.69) is 20.3 Å². The molecule has 4 aromatic rings. The minimum atomic E-state index is -0.797. The first kappa shape index (κ1) is 18.4. The van der Waals surface area contributed by atoms with Gasteiger partial charge < -0.3 is 16.0 Å². The lowest BCUT2D eigenvalue weighted by Crippen LogP contribution is -2.45. The standard InChI is InChI=1S/C22H19N5O2/c23-20(28)19(12-14-4-2-1-3-5-14)27-22(29)16-6-7-17-18(13-16)26-21(25-17)15-8-10-24-11-9-15/h1-11,13,19H,12H2,(H2,23,28)(H,25,26)(H,27,29)/t19-/m1/s1. The van der Waals surface area contributed by atoms with Crippen LogP contribution < -0.4 is 11.1 Å². The fraction of sp³-hybridized carbons (Fsp3) is 0.0909. The van der Waals surface area contributed by atoms with Crippen molar-refractivity contribution in [3.05, 3.63) is 84.2 Å². The molecule has 2 heterocycles. The van der Waals surface area contributed by atoms with Crippen molar-refractivity contribution in [2.45, 2.75) is 12.5 Å². The number of fused-ring (bicyclic) bond motifs is 1. The lowest BCUT2D eigenvalue weighted by Gasteiger charge is -2.15. The zero-order valence-electron chi connectivity index (χ0n) is 15.5. The molecule has 7 nitrogen and oxygen atoms in total. The third-order valence-electron chi connectivity index (χ3n) is 4.63. The van der Waals surface area contributed by atoms with Gasteiger partial charge in [0.05, 0.1) is 11.0 Å². The molecule has 1 atom stereocenters. The lowest BCUT2D eigenvalue weighted by atomic mass is 10.0. The van der Waals surface area contributed by atoms with Crippen LogP contribution in [-0.4, -0.2) is 32.8 Å². The van der Waals surface area contributed by atoms with E-state index in [1.807, 2.05) is 42.5 Å². The molecule has 0 spiro atoms. The minimum Gasteiger partial charge on any atom is -0.368 e. The number of benzene rings is 2. The molecular weight excluding hydrogens is 366 g/mol. The highest BCUT2D eigenvalue weighted by atomic mass is 16.2. The van der Waals surface area contributed by atoms with Gasteiger partial charge in [0.25, 0.3) is 5.91 Å². The number of imidazole rings is 1. The first-order chi connectivity index (χ1) is 14.1. The van der Waals surface area contributed by atoms with Crippen molar-refractivity contribution in [3.63, 3.8) is 0 Å². The van der Waals surface area contributed by atoms with Crippen LogP contribution in [0.5, 0.6) is 0 Å². The van der Waals surface area contributed by atoms with Crippen molar-refractivity contribution in [3.8, 4) is 11.4 Å². The van der Waals surface area contributed by atoms with Gasteiger partial charge in [-0.25, -0.2) is 4.98 Å².